The summed E-state index contributed by atoms with van der Waals surface area (Å²) >= 11 is 0. The third-order valence-corrected chi connectivity index (χ3v) is 4.93. The third-order valence-electron chi connectivity index (χ3n) is 4.93. The fraction of sp³-hybridized carbons (Fsp3) is 0.588. The molecule has 21 heavy (non-hydrogen) atoms. The highest BCUT2D eigenvalue weighted by Gasteiger charge is 2.51. The first-order valence-corrected chi connectivity index (χ1v) is 7.83. The molecule has 3 rings (SSSR count). The lowest BCUT2D eigenvalue weighted by Gasteiger charge is -2.30. The van der Waals surface area contributed by atoms with Crippen LogP contribution in [0, 0.1) is 23.6 Å². The third kappa shape index (κ3) is 2.95. The number of ether oxygens (including phenoxy) is 1. The van der Waals surface area contributed by atoms with Crippen LogP contribution >= 0.6 is 0 Å². The lowest BCUT2D eigenvalue weighted by atomic mass is 9.84. The minimum absolute atomic E-state index is 0.0100. The maximum absolute atomic E-state index is 12.9. The van der Waals surface area contributed by atoms with Gasteiger partial charge >= 0.3 is 5.97 Å². The lowest BCUT2D eigenvalue weighted by Crippen LogP contribution is -2.44. The van der Waals surface area contributed by atoms with Crippen LogP contribution in [0.1, 0.15) is 31.7 Å². The molecule has 0 aromatic heterocycles. The molecule has 2 fully saturated rings. The van der Waals surface area contributed by atoms with Gasteiger partial charge in [0.15, 0.2) is 0 Å². The van der Waals surface area contributed by atoms with Crippen LogP contribution < -0.4 is 5.32 Å². The van der Waals surface area contributed by atoms with E-state index < -0.39 is 0 Å². The first kappa shape index (κ1) is 14.5. The van der Waals surface area contributed by atoms with Crippen LogP contribution in [0.15, 0.2) is 24.3 Å². The molecule has 0 saturated heterocycles. The van der Waals surface area contributed by atoms with Crippen LogP contribution in [0.3, 0.4) is 0 Å². The summed E-state index contributed by atoms with van der Waals surface area (Å²) in [6.45, 7) is 2.97. The average Bonchev–Trinajstić information content (AvgIpc) is 3.07. The highest BCUT2D eigenvalue weighted by molar-refractivity contribution is 5.74. The van der Waals surface area contributed by atoms with Gasteiger partial charge in [0.2, 0.25) is 0 Å². The van der Waals surface area contributed by atoms with Crippen LogP contribution in [-0.4, -0.2) is 18.6 Å². The molecule has 2 aliphatic rings. The zero-order valence-corrected chi connectivity index (χ0v) is 12.3. The van der Waals surface area contributed by atoms with Gasteiger partial charge in [0, 0.05) is 12.6 Å². The van der Waals surface area contributed by atoms with E-state index in [9.17, 15) is 9.18 Å². The molecule has 1 N–H and O–H groups in total. The minimum Gasteiger partial charge on any atom is -0.466 e. The summed E-state index contributed by atoms with van der Waals surface area (Å²) in [5.74, 6) is 0.762. The van der Waals surface area contributed by atoms with Gasteiger partial charge < -0.3 is 10.1 Å². The van der Waals surface area contributed by atoms with E-state index in [1.165, 1.54) is 18.6 Å². The lowest BCUT2D eigenvalue weighted by molar-refractivity contribution is -0.150. The second-order valence-electron chi connectivity index (χ2n) is 6.14. The van der Waals surface area contributed by atoms with Gasteiger partial charge in [-0.05, 0) is 55.7 Å². The highest BCUT2D eigenvalue weighted by Crippen LogP contribution is 2.49. The number of carbonyl (C=O) groups is 1. The predicted molar refractivity (Wildman–Crippen MR) is 78.0 cm³/mol. The number of carbonyl (C=O) groups excluding carboxylic acids is 1. The molecule has 2 unspecified atom stereocenters. The van der Waals surface area contributed by atoms with Crippen molar-refractivity contribution in [2.75, 3.05) is 6.61 Å². The monoisotopic (exact) mass is 291 g/mol. The van der Waals surface area contributed by atoms with E-state index in [-0.39, 0.29) is 23.7 Å². The summed E-state index contributed by atoms with van der Waals surface area (Å²) in [5.41, 5.74) is 1.04. The van der Waals surface area contributed by atoms with Crippen LogP contribution in [0.4, 0.5) is 4.39 Å². The fourth-order valence-electron chi connectivity index (χ4n) is 4.00. The van der Waals surface area contributed by atoms with Gasteiger partial charge in [0.05, 0.1) is 12.5 Å². The Morgan fingerprint density at radius 1 is 1.29 bits per heavy atom. The smallest absolute Gasteiger partial charge is 0.310 e. The Kier molecular flexibility index (Phi) is 4.24. The summed E-state index contributed by atoms with van der Waals surface area (Å²) in [5, 5.41) is 3.51. The van der Waals surface area contributed by atoms with Crippen molar-refractivity contribution in [3.05, 3.63) is 35.6 Å². The second-order valence-corrected chi connectivity index (χ2v) is 6.14. The SMILES string of the molecule is CCOC(=O)C1C(NCc2ccc(F)cc2)[C@@H]2CC[C@H]1C2. The van der Waals surface area contributed by atoms with Crippen LogP contribution in [-0.2, 0) is 16.1 Å². The van der Waals surface area contributed by atoms with Gasteiger partial charge in [-0.25, -0.2) is 4.39 Å². The Labute approximate surface area is 124 Å². The predicted octanol–water partition coefficient (Wildman–Crippen LogP) is 2.89. The maximum atomic E-state index is 12.9. The maximum Gasteiger partial charge on any atom is 0.310 e. The molecule has 114 valence electrons. The Hall–Kier alpha value is -1.42. The molecule has 0 aliphatic heterocycles. The molecular formula is C17H22FNO2. The van der Waals surface area contributed by atoms with Gasteiger partial charge in [0.1, 0.15) is 5.82 Å². The molecule has 0 heterocycles. The molecule has 2 aliphatic carbocycles. The molecule has 4 heteroatoms. The second kappa shape index (κ2) is 6.14. The number of fused-ring (bicyclic) bond motifs is 2. The molecule has 0 radical (unpaired) electrons. The van der Waals surface area contributed by atoms with Crippen molar-refractivity contribution in [1.82, 2.24) is 5.32 Å². The molecule has 1 aromatic carbocycles. The zero-order valence-electron chi connectivity index (χ0n) is 12.3. The van der Waals surface area contributed by atoms with E-state index in [0.717, 1.165) is 18.4 Å². The van der Waals surface area contributed by atoms with Crippen molar-refractivity contribution < 1.29 is 13.9 Å². The summed E-state index contributed by atoms with van der Waals surface area (Å²) < 4.78 is 18.2. The topological polar surface area (TPSA) is 38.3 Å². The van der Waals surface area contributed by atoms with E-state index in [1.807, 2.05) is 6.92 Å². The zero-order chi connectivity index (χ0) is 14.8. The van der Waals surface area contributed by atoms with Crippen LogP contribution in [0.25, 0.3) is 0 Å². The van der Waals surface area contributed by atoms with Crippen LogP contribution in [0.5, 0.6) is 0 Å². The van der Waals surface area contributed by atoms with Crippen molar-refractivity contribution in [2.45, 2.75) is 38.8 Å². The van der Waals surface area contributed by atoms with Crippen molar-refractivity contribution in [2.24, 2.45) is 17.8 Å². The molecule has 0 amide bonds. The van der Waals surface area contributed by atoms with E-state index in [1.54, 1.807) is 12.1 Å². The van der Waals surface area contributed by atoms with Gasteiger partial charge in [0.25, 0.3) is 0 Å². The number of nitrogens with one attached hydrogen (secondary N) is 1. The minimum atomic E-state index is -0.219. The van der Waals surface area contributed by atoms with Crippen molar-refractivity contribution >= 4 is 5.97 Å². The summed E-state index contributed by atoms with van der Waals surface area (Å²) in [4.78, 5) is 12.2. The first-order chi connectivity index (χ1) is 10.2. The van der Waals surface area contributed by atoms with Gasteiger partial charge in [-0.15, -0.1) is 0 Å². The van der Waals surface area contributed by atoms with Crippen molar-refractivity contribution in [3.63, 3.8) is 0 Å². The number of hydrogen-bond donors (Lipinski definition) is 1. The molecule has 4 atom stereocenters. The van der Waals surface area contributed by atoms with E-state index in [4.69, 9.17) is 4.74 Å². The number of halogens is 1. The number of benzene rings is 1. The molecule has 0 spiro atoms. The Bertz CT molecular complexity index is 502. The standard InChI is InChI=1S/C17H22FNO2/c1-2-21-17(20)15-12-5-6-13(9-12)16(15)19-10-11-3-7-14(18)8-4-11/h3-4,7-8,12-13,15-16,19H,2,5-6,9-10H2,1H3/t12-,13+,15?,16?/m0/s1. The van der Waals surface area contributed by atoms with Crippen molar-refractivity contribution in [3.8, 4) is 0 Å². The first-order valence-electron chi connectivity index (χ1n) is 7.83. The number of rotatable bonds is 5. The van der Waals surface area contributed by atoms with Crippen LogP contribution in [0.2, 0.25) is 0 Å². The van der Waals surface area contributed by atoms with E-state index in [2.05, 4.69) is 5.32 Å². The Balaban J connectivity index is 1.65. The fourth-order valence-corrected chi connectivity index (χ4v) is 4.00. The quantitative estimate of drug-likeness (QED) is 0.848. The summed E-state index contributed by atoms with van der Waals surface area (Å²) in [7, 11) is 0. The van der Waals surface area contributed by atoms with Gasteiger partial charge in [-0.2, -0.15) is 0 Å². The molecule has 2 bridgehead atoms. The number of esters is 1. The Morgan fingerprint density at radius 2 is 2.00 bits per heavy atom. The highest BCUT2D eigenvalue weighted by atomic mass is 19.1. The van der Waals surface area contributed by atoms with Gasteiger partial charge in [-0.1, -0.05) is 12.1 Å². The summed E-state index contributed by atoms with van der Waals surface area (Å²) in [6.07, 6.45) is 3.47. The molecule has 3 nitrogen and oxygen atoms in total. The molecule has 2 saturated carbocycles. The normalized spacial score (nSPS) is 30.6. The Morgan fingerprint density at radius 3 is 2.71 bits per heavy atom. The van der Waals surface area contributed by atoms with Gasteiger partial charge in [-0.3, -0.25) is 4.79 Å². The van der Waals surface area contributed by atoms with Crippen molar-refractivity contribution in [1.29, 1.82) is 0 Å². The van der Waals surface area contributed by atoms with E-state index in [0.29, 0.717) is 25.0 Å². The number of hydrogen-bond acceptors (Lipinski definition) is 3. The van der Waals surface area contributed by atoms with E-state index >= 15 is 0 Å². The largest absolute Gasteiger partial charge is 0.466 e. The molecule has 1 aromatic rings. The molecular weight excluding hydrogens is 269 g/mol. The summed E-state index contributed by atoms with van der Waals surface area (Å²) in [6, 6.07) is 6.72. The average molecular weight is 291 g/mol.